The van der Waals surface area contributed by atoms with Crippen LogP contribution in [-0.2, 0) is 30.6 Å². The van der Waals surface area contributed by atoms with Crippen LogP contribution in [0.25, 0.3) is 21.9 Å². The number of nitrogens with one attached hydrogen (secondary N) is 2. The molecular formula is C30H40N7O5PS. The number of benzene rings is 2. The van der Waals surface area contributed by atoms with Gasteiger partial charge in [0.2, 0.25) is 5.95 Å². The molecule has 0 spiro atoms. The molecule has 44 heavy (non-hydrogen) atoms. The monoisotopic (exact) mass is 641 g/mol. The Hall–Kier alpha value is -3.35. The minimum atomic E-state index is -3.29. The Labute approximate surface area is 262 Å². The maximum Gasteiger partial charge on any atom is 0.323 e. The van der Waals surface area contributed by atoms with Crippen LogP contribution in [-0.4, -0.2) is 57.9 Å². The van der Waals surface area contributed by atoms with Gasteiger partial charge in [-0.25, -0.2) is 10.1 Å². The van der Waals surface area contributed by atoms with Crippen molar-refractivity contribution in [2.24, 2.45) is 11.3 Å². The lowest BCUT2D eigenvalue weighted by Gasteiger charge is -2.28. The molecule has 1 saturated heterocycles. The van der Waals surface area contributed by atoms with E-state index in [4.69, 9.17) is 36.1 Å². The van der Waals surface area contributed by atoms with Gasteiger partial charge in [-0.2, -0.15) is 9.97 Å². The molecule has 236 valence electrons. The van der Waals surface area contributed by atoms with E-state index in [1.165, 1.54) is 0 Å². The van der Waals surface area contributed by atoms with Crippen molar-refractivity contribution in [3.05, 3.63) is 48.8 Å². The molecule has 0 bridgehead atoms. The molecule has 0 radical (unpaired) electrons. The number of hydrogen-bond donors (Lipinski definition) is 3. The zero-order valence-corrected chi connectivity index (χ0v) is 27.5. The van der Waals surface area contributed by atoms with E-state index < -0.39 is 18.7 Å². The molecule has 1 fully saturated rings. The molecule has 2 aromatic carbocycles. The molecule has 14 heteroatoms. The first kappa shape index (κ1) is 32.1. The van der Waals surface area contributed by atoms with Gasteiger partial charge in [-0.05, 0) is 42.0 Å². The third-order valence-electron chi connectivity index (χ3n) is 7.15. The normalized spacial score (nSPS) is 20.8. The lowest BCUT2D eigenvalue weighted by atomic mass is 9.99. The molecular weight excluding hydrogens is 601 g/mol. The van der Waals surface area contributed by atoms with E-state index in [9.17, 15) is 4.79 Å². The van der Waals surface area contributed by atoms with E-state index in [0.29, 0.717) is 29.2 Å². The smallest absolute Gasteiger partial charge is 0.323 e. The van der Waals surface area contributed by atoms with Gasteiger partial charge in [-0.1, -0.05) is 64.1 Å². The van der Waals surface area contributed by atoms with Gasteiger partial charge in [-0.3, -0.25) is 9.36 Å². The highest BCUT2D eigenvalue weighted by Gasteiger charge is 2.37. The number of carbonyl (C=O) groups is 1. The molecule has 1 aliphatic heterocycles. The summed E-state index contributed by atoms with van der Waals surface area (Å²) in [4.78, 5) is 26.0. The molecule has 0 aliphatic carbocycles. The molecule has 4 N–H and O–H groups in total. The molecule has 0 unspecified atom stereocenters. The van der Waals surface area contributed by atoms with Crippen LogP contribution in [0.5, 0.6) is 5.75 Å². The number of carbonyl (C=O) groups excluding carboxylic acids is 1. The van der Waals surface area contributed by atoms with Crippen molar-refractivity contribution in [2.75, 3.05) is 31.3 Å². The molecule has 3 heterocycles. The van der Waals surface area contributed by atoms with Gasteiger partial charge in [0.25, 0.3) is 0 Å². The van der Waals surface area contributed by atoms with E-state index >= 15 is 0 Å². The van der Waals surface area contributed by atoms with Crippen molar-refractivity contribution in [2.45, 2.75) is 59.4 Å². The first-order valence-corrected chi connectivity index (χ1v) is 17.2. The van der Waals surface area contributed by atoms with Gasteiger partial charge in [0.1, 0.15) is 18.0 Å². The zero-order valence-electron chi connectivity index (χ0n) is 25.8. The second-order valence-corrected chi connectivity index (χ2v) is 15.4. The third-order valence-corrected chi connectivity index (χ3v) is 9.64. The van der Waals surface area contributed by atoms with Gasteiger partial charge in [0, 0.05) is 18.4 Å². The predicted molar refractivity (Wildman–Crippen MR) is 175 cm³/mol. The SMILES string of the molecule is CNc1nc(N)nc2c1ncn2[C@@H]1O[C@H](CO[P@](=S)(N[C@H](C)C(=O)OCC(C)(C)C)Oc2cccc3ccccc23)C[C@@H]1C. The summed E-state index contributed by atoms with van der Waals surface area (Å²) < 4.78 is 26.7. The van der Waals surface area contributed by atoms with Crippen LogP contribution in [0.1, 0.15) is 47.3 Å². The van der Waals surface area contributed by atoms with Crippen molar-refractivity contribution < 1.29 is 23.3 Å². The minimum absolute atomic E-state index is 0.103. The number of ether oxygens (including phenoxy) is 2. The first-order chi connectivity index (χ1) is 20.9. The van der Waals surface area contributed by atoms with Crippen molar-refractivity contribution >= 4 is 58.1 Å². The van der Waals surface area contributed by atoms with Crippen LogP contribution in [0.15, 0.2) is 48.8 Å². The lowest BCUT2D eigenvalue weighted by molar-refractivity contribution is -0.148. The molecule has 4 aromatic rings. The highest BCUT2D eigenvalue weighted by molar-refractivity contribution is 8.09. The van der Waals surface area contributed by atoms with Crippen LogP contribution >= 0.6 is 6.64 Å². The number of hydrogen-bond acceptors (Lipinski definition) is 11. The minimum Gasteiger partial charge on any atom is -0.464 e. The zero-order chi connectivity index (χ0) is 31.6. The van der Waals surface area contributed by atoms with Crippen molar-refractivity contribution in [3.63, 3.8) is 0 Å². The van der Waals surface area contributed by atoms with Crippen molar-refractivity contribution in [3.8, 4) is 5.75 Å². The molecule has 1 aliphatic rings. The number of fused-ring (bicyclic) bond motifs is 2. The summed E-state index contributed by atoms with van der Waals surface area (Å²) in [5.41, 5.74) is 6.96. The quantitative estimate of drug-likeness (QED) is 0.142. The number of nitrogens with zero attached hydrogens (tertiary/aromatic N) is 4. The fourth-order valence-corrected chi connectivity index (χ4v) is 7.48. The van der Waals surface area contributed by atoms with Gasteiger partial charge in [-0.15, -0.1) is 0 Å². The predicted octanol–water partition coefficient (Wildman–Crippen LogP) is 5.41. The maximum absolute atomic E-state index is 12.9. The number of aromatic nitrogens is 4. The summed E-state index contributed by atoms with van der Waals surface area (Å²) in [5, 5.41) is 8.05. The van der Waals surface area contributed by atoms with E-state index in [1.54, 1.807) is 20.3 Å². The molecule has 5 rings (SSSR count). The summed E-state index contributed by atoms with van der Waals surface area (Å²) in [7, 11) is 1.76. The number of anilines is 2. The average molecular weight is 642 g/mol. The van der Waals surface area contributed by atoms with Gasteiger partial charge < -0.3 is 29.6 Å². The second kappa shape index (κ2) is 12.9. The summed E-state index contributed by atoms with van der Waals surface area (Å²) in [6, 6.07) is 12.8. The molecule has 0 amide bonds. The summed E-state index contributed by atoms with van der Waals surface area (Å²) in [6.07, 6.45) is 1.71. The Kier molecular flexibility index (Phi) is 9.43. The lowest BCUT2D eigenvalue weighted by Crippen LogP contribution is -2.36. The van der Waals surface area contributed by atoms with Crippen molar-refractivity contribution in [1.82, 2.24) is 24.6 Å². The Morgan fingerprint density at radius 2 is 1.98 bits per heavy atom. The van der Waals surface area contributed by atoms with Gasteiger partial charge in [0.05, 0.1) is 25.6 Å². The topological polar surface area (TPSA) is 148 Å². The number of nitrogens with two attached hydrogens (primary N) is 1. The Balaban J connectivity index is 1.35. The van der Waals surface area contributed by atoms with Crippen LogP contribution in [0.3, 0.4) is 0 Å². The van der Waals surface area contributed by atoms with E-state index in [1.807, 2.05) is 67.8 Å². The molecule has 12 nitrogen and oxygen atoms in total. The van der Waals surface area contributed by atoms with Crippen molar-refractivity contribution in [1.29, 1.82) is 0 Å². The largest absolute Gasteiger partial charge is 0.464 e. The summed E-state index contributed by atoms with van der Waals surface area (Å²) >= 11 is 6.02. The van der Waals surface area contributed by atoms with Crippen LogP contribution in [0.2, 0.25) is 0 Å². The standard InChI is InChI=1S/C30H40N7O5PS/c1-18-14-21(41-27(18)37-17-33-24-25(32-6)34-29(31)35-26(24)37)15-40-43(44,36-19(2)28(38)39-16-30(3,4)5)42-23-13-9-11-20-10-7-8-12-22(20)23/h7-13,17-19,21,27H,14-16H2,1-6H3,(H,36,44)(H3,31,32,34,35)/t18-,19+,21-,27+,43+/m0/s1. The Bertz CT molecular complexity index is 1690. The van der Waals surface area contributed by atoms with Gasteiger partial charge in [0.15, 0.2) is 17.0 Å². The number of nitrogen functional groups attached to an aromatic ring is 1. The number of rotatable bonds is 11. The summed E-state index contributed by atoms with van der Waals surface area (Å²) in [6.45, 7) is 6.92. The number of imidazole rings is 1. The fourth-order valence-electron chi connectivity index (χ4n) is 5.04. The highest BCUT2D eigenvalue weighted by Crippen LogP contribution is 2.48. The van der Waals surface area contributed by atoms with Gasteiger partial charge >= 0.3 is 12.6 Å². The van der Waals surface area contributed by atoms with E-state index in [2.05, 4.69) is 32.3 Å². The third kappa shape index (κ3) is 7.30. The van der Waals surface area contributed by atoms with Crippen LogP contribution < -0.4 is 20.7 Å². The average Bonchev–Trinajstić information content (AvgIpc) is 3.56. The molecule has 5 atom stereocenters. The van der Waals surface area contributed by atoms with Crippen LogP contribution in [0.4, 0.5) is 11.8 Å². The highest BCUT2D eigenvalue weighted by atomic mass is 32.5. The van der Waals surface area contributed by atoms with Crippen LogP contribution in [0, 0.1) is 11.3 Å². The number of esters is 1. The molecule has 0 saturated carbocycles. The maximum atomic E-state index is 12.9. The summed E-state index contributed by atoms with van der Waals surface area (Å²) in [5.74, 6) is 0.923. The fraction of sp³-hybridized carbons (Fsp3) is 0.467. The second-order valence-electron chi connectivity index (χ2n) is 12.2. The Morgan fingerprint density at radius 1 is 1.23 bits per heavy atom. The Morgan fingerprint density at radius 3 is 2.73 bits per heavy atom. The first-order valence-electron chi connectivity index (χ1n) is 14.6. The van der Waals surface area contributed by atoms with E-state index in [-0.39, 0.29) is 42.8 Å². The van der Waals surface area contributed by atoms with E-state index in [0.717, 1.165) is 10.8 Å². The molecule has 2 aromatic heterocycles.